The summed E-state index contributed by atoms with van der Waals surface area (Å²) in [7, 11) is -3.77. The second-order valence-electron chi connectivity index (χ2n) is 4.32. The first-order chi connectivity index (χ1) is 9.92. The van der Waals surface area contributed by atoms with E-state index in [4.69, 9.17) is 23.2 Å². The van der Waals surface area contributed by atoms with Gasteiger partial charge in [-0.2, -0.15) is 0 Å². The maximum absolute atomic E-state index is 12.3. The zero-order chi connectivity index (χ0) is 15.5. The number of anilines is 1. The molecular weight excluding hydrogens is 397 g/mol. The van der Waals surface area contributed by atoms with Gasteiger partial charge < -0.3 is 0 Å². The number of alkyl halides is 1. The first kappa shape index (κ1) is 16.6. The van der Waals surface area contributed by atoms with Crippen LogP contribution < -0.4 is 4.72 Å². The van der Waals surface area contributed by atoms with Gasteiger partial charge in [0.15, 0.2) is 0 Å². The van der Waals surface area contributed by atoms with Gasteiger partial charge in [-0.15, -0.1) is 0 Å². The van der Waals surface area contributed by atoms with E-state index < -0.39 is 10.0 Å². The molecule has 0 aliphatic heterocycles. The molecule has 0 atom stereocenters. The Labute approximate surface area is 142 Å². The van der Waals surface area contributed by atoms with E-state index in [9.17, 15) is 8.42 Å². The van der Waals surface area contributed by atoms with E-state index in [-0.39, 0.29) is 9.92 Å². The molecule has 1 N–H and O–H groups in total. The standard InChI is InChI=1S/C14H12BrCl2NO2S/c15-8-7-10-1-4-12(5-2-10)18-21(19,20)14-9-11(16)3-6-13(14)17/h1-6,9,18H,7-8H2. The van der Waals surface area contributed by atoms with E-state index in [0.29, 0.717) is 10.7 Å². The first-order valence-corrected chi connectivity index (χ1v) is 9.41. The summed E-state index contributed by atoms with van der Waals surface area (Å²) in [6.07, 6.45) is 0.882. The van der Waals surface area contributed by atoms with Gasteiger partial charge in [0.2, 0.25) is 0 Å². The Balaban J connectivity index is 2.26. The molecule has 0 aliphatic carbocycles. The van der Waals surface area contributed by atoms with Crippen LogP contribution in [-0.4, -0.2) is 13.7 Å². The molecule has 0 aromatic heterocycles. The largest absolute Gasteiger partial charge is 0.280 e. The van der Waals surface area contributed by atoms with E-state index in [2.05, 4.69) is 20.7 Å². The van der Waals surface area contributed by atoms with Crippen molar-refractivity contribution >= 4 is 54.8 Å². The van der Waals surface area contributed by atoms with Crippen LogP contribution in [0, 0.1) is 0 Å². The highest BCUT2D eigenvalue weighted by Crippen LogP contribution is 2.26. The van der Waals surface area contributed by atoms with Crippen LogP contribution in [0.5, 0.6) is 0 Å². The van der Waals surface area contributed by atoms with Crippen molar-refractivity contribution in [3.8, 4) is 0 Å². The molecule has 0 saturated carbocycles. The van der Waals surface area contributed by atoms with Crippen molar-refractivity contribution in [3.05, 3.63) is 58.1 Å². The van der Waals surface area contributed by atoms with E-state index >= 15 is 0 Å². The van der Waals surface area contributed by atoms with E-state index in [1.54, 1.807) is 12.1 Å². The van der Waals surface area contributed by atoms with Crippen LogP contribution >= 0.6 is 39.1 Å². The predicted octanol–water partition coefficient (Wildman–Crippen LogP) is 4.73. The highest BCUT2D eigenvalue weighted by molar-refractivity contribution is 9.09. The maximum atomic E-state index is 12.3. The average molecular weight is 409 g/mol. The number of halogens is 3. The van der Waals surface area contributed by atoms with Crippen LogP contribution in [0.1, 0.15) is 5.56 Å². The summed E-state index contributed by atoms with van der Waals surface area (Å²) in [5.74, 6) is 0. The average Bonchev–Trinajstić information content (AvgIpc) is 2.43. The third kappa shape index (κ3) is 4.36. The summed E-state index contributed by atoms with van der Waals surface area (Å²) in [5.41, 5.74) is 1.60. The lowest BCUT2D eigenvalue weighted by Crippen LogP contribution is -2.13. The molecule has 0 aliphatic rings. The molecule has 0 amide bonds. The zero-order valence-corrected chi connectivity index (χ0v) is 14.7. The molecule has 0 saturated heterocycles. The number of benzene rings is 2. The third-order valence-electron chi connectivity index (χ3n) is 2.77. The number of nitrogens with one attached hydrogen (secondary N) is 1. The highest BCUT2D eigenvalue weighted by Gasteiger charge is 2.18. The summed E-state index contributed by atoms with van der Waals surface area (Å²) >= 11 is 15.1. The van der Waals surface area contributed by atoms with Crippen molar-refractivity contribution in [2.45, 2.75) is 11.3 Å². The molecule has 112 valence electrons. The molecule has 21 heavy (non-hydrogen) atoms. The summed E-state index contributed by atoms with van der Waals surface area (Å²) in [4.78, 5) is -0.0406. The SMILES string of the molecule is O=S(=O)(Nc1ccc(CCBr)cc1)c1cc(Cl)ccc1Cl. The van der Waals surface area contributed by atoms with Crippen LogP contribution in [0.15, 0.2) is 47.4 Å². The van der Waals surface area contributed by atoms with E-state index in [0.717, 1.165) is 17.3 Å². The summed E-state index contributed by atoms with van der Waals surface area (Å²) < 4.78 is 27.1. The molecule has 2 rings (SSSR count). The Kier molecular flexibility index (Phi) is 5.54. The topological polar surface area (TPSA) is 46.2 Å². The second kappa shape index (κ2) is 7.01. The Morgan fingerprint density at radius 2 is 1.71 bits per heavy atom. The van der Waals surface area contributed by atoms with Crippen molar-refractivity contribution in [3.63, 3.8) is 0 Å². The fourth-order valence-corrected chi connectivity index (χ4v) is 4.02. The fourth-order valence-electron chi connectivity index (χ4n) is 1.74. The van der Waals surface area contributed by atoms with Gasteiger partial charge >= 0.3 is 0 Å². The van der Waals surface area contributed by atoms with Gasteiger partial charge in [0, 0.05) is 16.0 Å². The fraction of sp³-hybridized carbons (Fsp3) is 0.143. The van der Waals surface area contributed by atoms with Gasteiger partial charge in [0.05, 0.1) is 5.02 Å². The van der Waals surface area contributed by atoms with Gasteiger partial charge in [-0.3, -0.25) is 4.72 Å². The first-order valence-electron chi connectivity index (χ1n) is 6.05. The number of sulfonamides is 1. The molecule has 2 aromatic carbocycles. The molecule has 0 bridgehead atoms. The quantitative estimate of drug-likeness (QED) is 0.726. The van der Waals surface area contributed by atoms with E-state index in [1.807, 2.05) is 12.1 Å². The maximum Gasteiger partial charge on any atom is 0.263 e. The number of hydrogen-bond acceptors (Lipinski definition) is 2. The molecule has 3 nitrogen and oxygen atoms in total. The molecule has 0 heterocycles. The Morgan fingerprint density at radius 1 is 1.05 bits per heavy atom. The van der Waals surface area contributed by atoms with Crippen LogP contribution in [-0.2, 0) is 16.4 Å². The lowest BCUT2D eigenvalue weighted by molar-refractivity contribution is 0.601. The Bertz CT molecular complexity index is 733. The number of rotatable bonds is 5. The smallest absolute Gasteiger partial charge is 0.263 e. The summed E-state index contributed by atoms with van der Waals surface area (Å²) in [5, 5.41) is 1.30. The molecule has 0 radical (unpaired) electrons. The molecule has 0 unspecified atom stereocenters. The van der Waals surface area contributed by atoms with Crippen molar-refractivity contribution < 1.29 is 8.42 Å². The normalized spacial score (nSPS) is 11.4. The minimum atomic E-state index is -3.77. The van der Waals surface area contributed by atoms with Crippen LogP contribution in [0.25, 0.3) is 0 Å². The second-order valence-corrected chi connectivity index (χ2v) is 7.60. The monoisotopic (exact) mass is 407 g/mol. The number of aryl methyl sites for hydroxylation is 1. The van der Waals surface area contributed by atoms with Crippen LogP contribution in [0.2, 0.25) is 10.0 Å². The minimum Gasteiger partial charge on any atom is -0.280 e. The van der Waals surface area contributed by atoms with Gasteiger partial charge in [-0.1, -0.05) is 51.3 Å². The predicted molar refractivity (Wildman–Crippen MR) is 91.2 cm³/mol. The molecule has 0 spiro atoms. The molecule has 2 aromatic rings. The van der Waals surface area contributed by atoms with Gasteiger partial charge in [-0.05, 0) is 42.3 Å². The van der Waals surface area contributed by atoms with Crippen molar-refractivity contribution in [1.29, 1.82) is 0 Å². The lowest BCUT2D eigenvalue weighted by Gasteiger charge is -2.10. The van der Waals surface area contributed by atoms with Crippen molar-refractivity contribution in [2.75, 3.05) is 10.1 Å². The minimum absolute atomic E-state index is 0.0406. The van der Waals surface area contributed by atoms with E-state index in [1.165, 1.54) is 18.2 Å². The van der Waals surface area contributed by atoms with Gasteiger partial charge in [-0.25, -0.2) is 8.42 Å². The van der Waals surface area contributed by atoms with Crippen molar-refractivity contribution in [2.24, 2.45) is 0 Å². The Morgan fingerprint density at radius 3 is 2.33 bits per heavy atom. The third-order valence-corrected chi connectivity index (χ3v) is 5.27. The van der Waals surface area contributed by atoms with Crippen LogP contribution in [0.4, 0.5) is 5.69 Å². The highest BCUT2D eigenvalue weighted by atomic mass is 79.9. The van der Waals surface area contributed by atoms with Crippen molar-refractivity contribution in [1.82, 2.24) is 0 Å². The lowest BCUT2D eigenvalue weighted by atomic mass is 10.2. The van der Waals surface area contributed by atoms with Gasteiger partial charge in [0.25, 0.3) is 10.0 Å². The van der Waals surface area contributed by atoms with Crippen LogP contribution in [0.3, 0.4) is 0 Å². The molecule has 0 fully saturated rings. The number of hydrogen-bond donors (Lipinski definition) is 1. The molecular formula is C14H12BrCl2NO2S. The summed E-state index contributed by atoms with van der Waals surface area (Å²) in [6.45, 7) is 0. The Hall–Kier alpha value is -0.750. The molecule has 7 heteroatoms. The zero-order valence-electron chi connectivity index (χ0n) is 10.8. The summed E-state index contributed by atoms with van der Waals surface area (Å²) in [6, 6.07) is 11.5. The van der Waals surface area contributed by atoms with Gasteiger partial charge in [0.1, 0.15) is 4.90 Å².